The second kappa shape index (κ2) is 42.3. The zero-order chi connectivity index (χ0) is 68.5. The Morgan fingerprint density at radius 3 is 1.03 bits per heavy atom. The topological polar surface area (TPSA) is 435 Å². The van der Waals surface area contributed by atoms with Crippen LogP contribution in [0.3, 0.4) is 0 Å². The predicted octanol–water partition coefficient (Wildman–Crippen LogP) is 4.91. The van der Waals surface area contributed by atoms with E-state index in [1.54, 1.807) is 72.8 Å². The summed E-state index contributed by atoms with van der Waals surface area (Å²) in [5.74, 6) is 0.0848. The number of aldehydes is 1. The Hall–Kier alpha value is -8.86. The summed E-state index contributed by atoms with van der Waals surface area (Å²) in [4.78, 5) is 65.2. The van der Waals surface area contributed by atoms with Crippen LogP contribution in [-0.4, -0.2) is 81.6 Å². The van der Waals surface area contributed by atoms with E-state index in [-0.39, 0.29) is 113 Å². The molecule has 0 saturated heterocycles. The molecule has 3 N–H and O–H groups in total. The first-order valence-corrected chi connectivity index (χ1v) is 30.7. The van der Waals surface area contributed by atoms with Gasteiger partial charge in [0.25, 0.3) is 38.5 Å². The van der Waals surface area contributed by atoms with Crippen molar-refractivity contribution in [2.75, 3.05) is 13.0 Å². The standard InChI is InChI=1S/C14H13N3O4S.C14H12N3O4S.C9H11NO2.C8H11NO2S.C7H5NO3.C7H7NO2.CH3O.2Na/c2*1-11-2-8-14(9-3-11)22(20,21)16-15-10-12-4-6-13(7-5-12)17(18)19;1-7(2)8-3-5-9(6-4-8)10(11)12;1-7-2-4-8(5-3-7)12(10,11)6-9;9-5-6-1-3-7(4-2-6)8(10)11;1-6-2-4-7(5-3-6)8(9)10;1-2;;/h2-10,16H,1H3;2-10H,1H3;3-7H,1-2H3;2-5H,6,9H2,1H3;1-5H;2-5H,1H3;1H3;;/q;-1;;;;;-1;2*+1/b2*15-10-;;;;;;;. The van der Waals surface area contributed by atoms with Crippen molar-refractivity contribution in [3.8, 4) is 0 Å². The molecule has 0 saturated carbocycles. The summed E-state index contributed by atoms with van der Waals surface area (Å²) in [6.45, 7) is 11.6. The molecule has 480 valence electrons. The third-order valence-corrected chi connectivity index (χ3v) is 15.3. The zero-order valence-electron chi connectivity index (χ0n) is 51.7. The van der Waals surface area contributed by atoms with E-state index in [9.17, 15) is 80.6 Å². The molecule has 0 fully saturated rings. The summed E-state index contributed by atoms with van der Waals surface area (Å²) in [5, 5.41) is 67.0. The monoisotopic (exact) mass is 1350 g/mol. The van der Waals surface area contributed by atoms with Crippen molar-refractivity contribution in [2.24, 2.45) is 15.9 Å². The molecule has 33 heteroatoms. The molecule has 28 nitrogen and oxygen atoms in total. The fourth-order valence-corrected chi connectivity index (χ4v) is 8.66. The Bertz CT molecular complexity index is 3940. The summed E-state index contributed by atoms with van der Waals surface area (Å²) in [6, 6.07) is 48.8. The van der Waals surface area contributed by atoms with Crippen molar-refractivity contribution >= 4 is 77.0 Å². The van der Waals surface area contributed by atoms with Gasteiger partial charge in [0.05, 0.1) is 45.5 Å². The van der Waals surface area contributed by atoms with Crippen LogP contribution in [0.25, 0.3) is 4.83 Å². The molecular weight excluding hydrogens is 1290 g/mol. The van der Waals surface area contributed by atoms with Gasteiger partial charge in [-0.2, -0.15) is 20.6 Å². The smallest absolute Gasteiger partial charge is 0.857 e. The summed E-state index contributed by atoms with van der Waals surface area (Å²) < 4.78 is 70.1. The maximum Gasteiger partial charge on any atom is 1.00 e. The molecule has 8 aromatic carbocycles. The summed E-state index contributed by atoms with van der Waals surface area (Å²) >= 11 is 0. The molecule has 0 bridgehead atoms. The number of nitro benzene ring substituents is 5. The predicted molar refractivity (Wildman–Crippen MR) is 341 cm³/mol. The van der Waals surface area contributed by atoms with Gasteiger partial charge in [-0.15, -0.1) is 0 Å². The molecule has 0 spiro atoms. The average molecular weight is 1350 g/mol. The van der Waals surface area contributed by atoms with E-state index in [2.05, 4.69) is 33.7 Å². The van der Waals surface area contributed by atoms with E-state index in [0.29, 0.717) is 28.9 Å². The zero-order valence-corrected chi connectivity index (χ0v) is 58.2. The van der Waals surface area contributed by atoms with Gasteiger partial charge in [-0.25, -0.2) is 21.7 Å². The first-order valence-electron chi connectivity index (χ1n) is 26.1. The van der Waals surface area contributed by atoms with E-state index in [0.717, 1.165) is 34.9 Å². The van der Waals surface area contributed by atoms with Crippen molar-refractivity contribution in [1.82, 2.24) is 4.83 Å². The number of carbonyl (C=O) groups is 1. The fourth-order valence-electron chi connectivity index (χ4n) is 6.38. The van der Waals surface area contributed by atoms with E-state index in [1.165, 1.54) is 134 Å². The quantitative estimate of drug-likeness (QED) is 0.0402. The van der Waals surface area contributed by atoms with Crippen LogP contribution >= 0.6 is 0 Å². The van der Waals surface area contributed by atoms with Gasteiger partial charge in [0.15, 0.2) is 9.84 Å². The number of non-ortho nitro benzene ring substituents is 5. The number of sulfonamides is 2. The molecule has 0 amide bonds. The van der Waals surface area contributed by atoms with Gasteiger partial charge in [0, 0.05) is 72.4 Å². The van der Waals surface area contributed by atoms with Gasteiger partial charge < -0.3 is 20.8 Å². The Morgan fingerprint density at radius 2 is 0.720 bits per heavy atom. The molecule has 0 radical (unpaired) electrons. The molecule has 0 heterocycles. The molecule has 8 aromatic rings. The number of carbonyl (C=O) groups excluding carboxylic acids is 1. The molecule has 93 heavy (non-hydrogen) atoms. The number of hydrogen-bond donors (Lipinski definition) is 2. The normalized spacial score (nSPS) is 10.4. The van der Waals surface area contributed by atoms with E-state index in [1.807, 2.05) is 27.7 Å². The van der Waals surface area contributed by atoms with Crippen LogP contribution in [0.4, 0.5) is 28.4 Å². The Labute approximate surface area is 581 Å². The number of hydrogen-bond acceptors (Lipinski definition) is 21. The van der Waals surface area contributed by atoms with Crippen molar-refractivity contribution in [2.45, 2.75) is 62.1 Å². The van der Waals surface area contributed by atoms with E-state index < -0.39 is 49.6 Å². The van der Waals surface area contributed by atoms with Crippen LogP contribution in [0.1, 0.15) is 69.1 Å². The minimum Gasteiger partial charge on any atom is -0.857 e. The number of nitrogens with zero attached hydrogens (tertiary/aromatic N) is 8. The van der Waals surface area contributed by atoms with Crippen LogP contribution in [0.5, 0.6) is 0 Å². The van der Waals surface area contributed by atoms with Crippen LogP contribution in [0, 0.1) is 78.3 Å². The molecule has 0 aliphatic rings. The number of sulfone groups is 1. The Balaban J connectivity index is 0.00000111. The van der Waals surface area contributed by atoms with Gasteiger partial charge in [0.2, 0.25) is 0 Å². The van der Waals surface area contributed by atoms with Gasteiger partial charge >= 0.3 is 59.1 Å². The molecular formula is C60H62N10Na2O18S3. The van der Waals surface area contributed by atoms with Crippen molar-refractivity contribution in [1.29, 1.82) is 0 Å². The SMILES string of the molecule is CC(C)c1ccc([N+](=O)[O-])cc1.C[O-].Cc1ccc(S(=O)(=O)CN)cc1.Cc1ccc(S(=O)(=O)N/N=C\c2ccc([N+](=O)[O-])cc2)cc1.Cc1ccc(S(=O)(=O)[N-]/N=C\c2ccc([N+](=O)[O-])cc2)cc1.Cc1ccc([N+](=O)[O-])cc1.O=Cc1ccc([N+](=O)[O-])cc1.[Na+].[Na+]. The molecule has 8 rings (SSSR count). The number of rotatable bonds is 17. The third kappa shape index (κ3) is 31.3. The van der Waals surface area contributed by atoms with Crippen LogP contribution < -0.4 is 74.8 Å². The van der Waals surface area contributed by atoms with E-state index in [4.69, 9.17) is 10.8 Å². The molecule has 0 atom stereocenters. The fraction of sp³-hybridized carbons (Fsp3) is 0.150. The number of aryl methyl sites for hydroxylation is 4. The minimum absolute atomic E-state index is 0. The van der Waals surface area contributed by atoms with Crippen molar-refractivity contribution in [3.63, 3.8) is 0 Å². The summed E-state index contributed by atoms with van der Waals surface area (Å²) in [6.07, 6.45) is 3.13. The number of nitrogens with one attached hydrogen (secondary N) is 1. The Kier molecular flexibility index (Phi) is 38.3. The van der Waals surface area contributed by atoms with E-state index >= 15 is 0 Å². The van der Waals surface area contributed by atoms with Gasteiger partial charge in [-0.05, 0) is 123 Å². The second-order valence-electron chi connectivity index (χ2n) is 18.6. The van der Waals surface area contributed by atoms with Gasteiger partial charge in [-0.3, -0.25) is 55.4 Å². The van der Waals surface area contributed by atoms with Crippen molar-refractivity contribution in [3.05, 3.63) is 294 Å². The summed E-state index contributed by atoms with van der Waals surface area (Å²) in [7, 11) is -10.1. The molecule has 0 aliphatic heterocycles. The maximum atomic E-state index is 12.0. The van der Waals surface area contributed by atoms with Crippen molar-refractivity contribution < 1.29 is 119 Å². The van der Waals surface area contributed by atoms with Gasteiger partial charge in [0.1, 0.15) is 22.2 Å². The number of nitro groups is 5. The molecule has 0 aromatic heterocycles. The maximum absolute atomic E-state index is 12.0. The number of benzene rings is 8. The molecule has 0 aliphatic carbocycles. The third-order valence-electron chi connectivity index (χ3n) is 11.5. The first-order chi connectivity index (χ1) is 42.9. The van der Waals surface area contributed by atoms with Crippen LogP contribution in [-0.2, 0) is 29.9 Å². The van der Waals surface area contributed by atoms with Crippen LogP contribution in [0.2, 0.25) is 0 Å². The minimum atomic E-state index is -3.85. The Morgan fingerprint density at radius 1 is 0.441 bits per heavy atom. The second-order valence-corrected chi connectivity index (χ2v) is 23.9. The number of hydrazone groups is 1. The number of nitrogens with two attached hydrogens (primary N) is 1. The average Bonchev–Trinajstić information content (AvgIpc) is 1.88. The van der Waals surface area contributed by atoms with Crippen LogP contribution in [0.15, 0.2) is 219 Å². The van der Waals surface area contributed by atoms with Gasteiger partial charge in [-0.1, -0.05) is 96.8 Å². The largest absolute Gasteiger partial charge is 1.00 e. The molecule has 0 unspecified atom stereocenters. The first kappa shape index (κ1) is 84.1. The summed E-state index contributed by atoms with van der Waals surface area (Å²) in [5.41, 5.74) is 11.9.